The number of ether oxygens (including phenoxy) is 2. The molecule has 0 saturated carbocycles. The molecular formula is C21H28O3. The fourth-order valence-corrected chi connectivity index (χ4v) is 3.05. The number of methoxy groups -OCH3 is 1. The second-order valence-corrected chi connectivity index (χ2v) is 6.73. The quantitative estimate of drug-likeness (QED) is 0.538. The molecule has 1 heterocycles. The molecule has 2 bridgehead atoms. The van der Waals surface area contributed by atoms with Crippen molar-refractivity contribution in [2.24, 2.45) is 0 Å². The lowest BCUT2D eigenvalue weighted by Gasteiger charge is -2.15. The van der Waals surface area contributed by atoms with Gasteiger partial charge in [-0.2, -0.15) is 0 Å². The Balaban J connectivity index is 2.33. The molecule has 0 unspecified atom stereocenters. The Morgan fingerprint density at radius 2 is 2.04 bits per heavy atom. The number of hydrogen-bond donors (Lipinski definition) is 0. The lowest BCUT2D eigenvalue weighted by molar-refractivity contribution is -0.139. The predicted molar refractivity (Wildman–Crippen MR) is 97.6 cm³/mol. The minimum Gasteiger partial charge on any atom is -0.454 e. The summed E-state index contributed by atoms with van der Waals surface area (Å²) in [6.45, 7) is 10.2. The van der Waals surface area contributed by atoms with E-state index in [4.69, 9.17) is 9.47 Å². The molecule has 2 rings (SSSR count). The molecule has 3 nitrogen and oxygen atoms in total. The van der Waals surface area contributed by atoms with Crippen LogP contribution in [0.2, 0.25) is 0 Å². The third kappa shape index (κ3) is 4.81. The van der Waals surface area contributed by atoms with Gasteiger partial charge >= 0.3 is 5.97 Å². The molecule has 0 spiro atoms. The van der Waals surface area contributed by atoms with Gasteiger partial charge < -0.3 is 9.47 Å². The smallest absolute Gasteiger partial charge is 0.334 e. The molecule has 0 amide bonds. The summed E-state index contributed by atoms with van der Waals surface area (Å²) in [4.78, 5) is 12.0. The summed E-state index contributed by atoms with van der Waals surface area (Å²) in [6, 6.07) is 0. The number of allylic oxidation sites excluding steroid dienone is 4. The Labute approximate surface area is 145 Å². The number of hydrogen-bond acceptors (Lipinski definition) is 3. The Bertz CT molecular complexity index is 631. The van der Waals surface area contributed by atoms with Gasteiger partial charge in [0.15, 0.2) is 0 Å². The largest absolute Gasteiger partial charge is 0.454 e. The van der Waals surface area contributed by atoms with Crippen molar-refractivity contribution in [3.8, 4) is 0 Å². The highest BCUT2D eigenvalue weighted by Crippen LogP contribution is 2.27. The van der Waals surface area contributed by atoms with Crippen molar-refractivity contribution in [2.75, 3.05) is 7.11 Å². The zero-order valence-corrected chi connectivity index (χ0v) is 15.2. The van der Waals surface area contributed by atoms with E-state index >= 15 is 0 Å². The summed E-state index contributed by atoms with van der Waals surface area (Å²) in [6.07, 6.45) is 11.3. The molecule has 0 radical (unpaired) electrons. The molecule has 0 N–H and O–H groups in total. The van der Waals surface area contributed by atoms with Crippen LogP contribution in [0.3, 0.4) is 0 Å². The van der Waals surface area contributed by atoms with Gasteiger partial charge in [-0.1, -0.05) is 36.0 Å². The molecule has 130 valence electrons. The van der Waals surface area contributed by atoms with E-state index in [1.807, 2.05) is 13.0 Å². The van der Waals surface area contributed by atoms with Crippen molar-refractivity contribution < 1.29 is 14.3 Å². The SMILES string of the molecule is C=C(C)/C1=C/C=C(\C)[C@H](OC)C/C=C(\C)C[C@@H]2C=C(CC1)C(=O)O2. The second kappa shape index (κ2) is 8.29. The number of carbonyl (C=O) groups excluding carboxylic acids is 1. The molecule has 0 aromatic heterocycles. The van der Waals surface area contributed by atoms with Crippen molar-refractivity contribution in [2.45, 2.75) is 58.7 Å². The maximum atomic E-state index is 12.0. The molecule has 0 aromatic rings. The van der Waals surface area contributed by atoms with Crippen LogP contribution in [0, 0.1) is 0 Å². The van der Waals surface area contributed by atoms with Crippen molar-refractivity contribution in [3.05, 3.63) is 58.7 Å². The van der Waals surface area contributed by atoms with Crippen LogP contribution in [0.5, 0.6) is 0 Å². The van der Waals surface area contributed by atoms with Crippen LogP contribution in [0.15, 0.2) is 58.7 Å². The molecule has 2 aliphatic rings. The van der Waals surface area contributed by atoms with Crippen molar-refractivity contribution in [1.29, 1.82) is 0 Å². The molecule has 0 saturated heterocycles. The molecule has 0 fully saturated rings. The van der Waals surface area contributed by atoms with E-state index in [0.717, 1.165) is 36.0 Å². The third-order valence-corrected chi connectivity index (χ3v) is 4.66. The van der Waals surface area contributed by atoms with Crippen LogP contribution in [0.4, 0.5) is 0 Å². The number of rotatable bonds is 2. The lowest BCUT2D eigenvalue weighted by atomic mass is 9.97. The summed E-state index contributed by atoms with van der Waals surface area (Å²) in [5, 5.41) is 0. The van der Waals surface area contributed by atoms with E-state index in [2.05, 4.69) is 38.7 Å². The lowest BCUT2D eigenvalue weighted by Crippen LogP contribution is -2.12. The molecule has 24 heavy (non-hydrogen) atoms. The molecule has 3 heteroatoms. The summed E-state index contributed by atoms with van der Waals surface area (Å²) in [5.74, 6) is -0.176. The average molecular weight is 328 g/mol. The second-order valence-electron chi connectivity index (χ2n) is 6.73. The zero-order valence-electron chi connectivity index (χ0n) is 15.2. The molecule has 2 atom stereocenters. The van der Waals surface area contributed by atoms with Crippen LogP contribution in [0.1, 0.15) is 46.5 Å². The van der Waals surface area contributed by atoms with Gasteiger partial charge in [-0.25, -0.2) is 4.79 Å². The fourth-order valence-electron chi connectivity index (χ4n) is 3.05. The van der Waals surface area contributed by atoms with Crippen molar-refractivity contribution in [1.82, 2.24) is 0 Å². The fraction of sp³-hybridized carbons (Fsp3) is 0.476. The first-order chi connectivity index (χ1) is 11.4. The highest BCUT2D eigenvalue weighted by Gasteiger charge is 2.25. The number of carbonyl (C=O) groups is 1. The van der Waals surface area contributed by atoms with Crippen molar-refractivity contribution in [3.63, 3.8) is 0 Å². The summed E-state index contributed by atoms with van der Waals surface area (Å²) in [7, 11) is 1.74. The van der Waals surface area contributed by atoms with Gasteiger partial charge in [0, 0.05) is 19.1 Å². The van der Waals surface area contributed by atoms with Gasteiger partial charge in [0.2, 0.25) is 0 Å². The van der Waals surface area contributed by atoms with E-state index in [9.17, 15) is 4.79 Å². The molecule has 1 aliphatic heterocycles. The monoisotopic (exact) mass is 328 g/mol. The van der Waals surface area contributed by atoms with Gasteiger partial charge in [0.05, 0.1) is 6.10 Å². The van der Waals surface area contributed by atoms with Crippen LogP contribution >= 0.6 is 0 Å². The van der Waals surface area contributed by atoms with Crippen LogP contribution < -0.4 is 0 Å². The standard InChI is InChI=1S/C21H28O3/c1-14(2)17-8-7-16(4)20(23-5)11-6-15(3)12-19-13-18(10-9-17)21(22)24-19/h6-8,13,19-20H,1,9-12H2,2-5H3/b15-6+,16-7+,17-8+/t19-,20-/m1/s1. The van der Waals surface area contributed by atoms with Gasteiger partial charge in [-0.3, -0.25) is 0 Å². The summed E-state index contributed by atoms with van der Waals surface area (Å²) < 4.78 is 11.1. The Kier molecular flexibility index (Phi) is 6.38. The minimum absolute atomic E-state index is 0.0581. The number of fused-ring (bicyclic) bond motifs is 1. The minimum atomic E-state index is -0.176. The van der Waals surface area contributed by atoms with Crippen LogP contribution in [0.25, 0.3) is 0 Å². The van der Waals surface area contributed by atoms with E-state index in [-0.39, 0.29) is 18.2 Å². The first kappa shape index (κ1) is 18.5. The Hall–Kier alpha value is -1.87. The summed E-state index contributed by atoms with van der Waals surface area (Å²) >= 11 is 0. The Morgan fingerprint density at radius 3 is 2.71 bits per heavy atom. The maximum absolute atomic E-state index is 12.0. The van der Waals surface area contributed by atoms with Gasteiger partial charge in [-0.05, 0) is 57.3 Å². The summed E-state index contributed by atoms with van der Waals surface area (Å²) in [5.41, 5.74) is 5.37. The van der Waals surface area contributed by atoms with E-state index < -0.39 is 0 Å². The van der Waals surface area contributed by atoms with Gasteiger partial charge in [0.1, 0.15) is 6.10 Å². The topological polar surface area (TPSA) is 35.5 Å². The van der Waals surface area contributed by atoms with Crippen molar-refractivity contribution >= 4 is 5.97 Å². The third-order valence-electron chi connectivity index (χ3n) is 4.66. The first-order valence-corrected chi connectivity index (χ1v) is 8.54. The highest BCUT2D eigenvalue weighted by molar-refractivity contribution is 5.91. The molecule has 0 aromatic carbocycles. The van der Waals surface area contributed by atoms with Gasteiger partial charge in [0.25, 0.3) is 0 Å². The van der Waals surface area contributed by atoms with Gasteiger partial charge in [-0.15, -0.1) is 0 Å². The van der Waals surface area contributed by atoms with E-state index in [1.54, 1.807) is 7.11 Å². The van der Waals surface area contributed by atoms with Crippen LogP contribution in [-0.4, -0.2) is 25.3 Å². The average Bonchev–Trinajstić information content (AvgIpc) is 2.86. The van der Waals surface area contributed by atoms with E-state index in [0.29, 0.717) is 6.42 Å². The normalized spacial score (nSPS) is 32.2. The Morgan fingerprint density at radius 1 is 1.29 bits per heavy atom. The molecular weight excluding hydrogens is 300 g/mol. The molecule has 1 aliphatic carbocycles. The maximum Gasteiger partial charge on any atom is 0.334 e. The highest BCUT2D eigenvalue weighted by atomic mass is 16.5. The van der Waals surface area contributed by atoms with Crippen LogP contribution in [-0.2, 0) is 14.3 Å². The predicted octanol–water partition coefficient (Wildman–Crippen LogP) is 4.82. The number of esters is 1. The first-order valence-electron chi connectivity index (χ1n) is 8.54. The zero-order chi connectivity index (χ0) is 17.7. The van der Waals surface area contributed by atoms with E-state index in [1.165, 1.54) is 11.1 Å².